The minimum atomic E-state index is -0.527. The average Bonchev–Trinajstić information content (AvgIpc) is 3.52. The number of nitrogens with zero attached hydrogens (tertiary/aromatic N) is 5. The van der Waals surface area contributed by atoms with Gasteiger partial charge in [0.05, 0.1) is 35.9 Å². The maximum atomic E-state index is 12.7. The molecule has 9 nitrogen and oxygen atoms in total. The van der Waals surface area contributed by atoms with Gasteiger partial charge in [0.25, 0.3) is 0 Å². The number of aromatic amines is 1. The zero-order valence-electron chi connectivity index (χ0n) is 15.9. The van der Waals surface area contributed by atoms with Crippen LogP contribution in [0.3, 0.4) is 0 Å². The van der Waals surface area contributed by atoms with Crippen molar-refractivity contribution < 1.29 is 14.1 Å². The molecule has 0 radical (unpaired) electrons. The second-order valence-corrected chi connectivity index (χ2v) is 6.47. The molecule has 2 aromatic carbocycles. The van der Waals surface area contributed by atoms with Crippen LogP contribution < -0.4 is 0 Å². The molecular weight excluding hydrogens is 384 g/mol. The Hall–Kier alpha value is -4.27. The van der Waals surface area contributed by atoms with Crippen LogP contribution >= 0.6 is 0 Å². The SMILES string of the molecule is CCOC(=O)c1c(-c2ccccc2)noc1-c1cn(-c2ccc3nc[nH]c3c2)nn1. The van der Waals surface area contributed by atoms with Crippen molar-refractivity contribution in [3.05, 3.63) is 66.6 Å². The van der Waals surface area contributed by atoms with Crippen molar-refractivity contribution >= 4 is 17.0 Å². The first kappa shape index (κ1) is 17.8. The van der Waals surface area contributed by atoms with E-state index in [-0.39, 0.29) is 17.9 Å². The quantitative estimate of drug-likeness (QED) is 0.448. The molecule has 0 amide bonds. The van der Waals surface area contributed by atoms with E-state index in [9.17, 15) is 4.79 Å². The summed E-state index contributed by atoms with van der Waals surface area (Å²) in [7, 11) is 0. The monoisotopic (exact) mass is 400 g/mol. The van der Waals surface area contributed by atoms with E-state index in [1.807, 2.05) is 48.5 Å². The van der Waals surface area contributed by atoms with Gasteiger partial charge >= 0.3 is 5.97 Å². The van der Waals surface area contributed by atoms with Gasteiger partial charge in [-0.15, -0.1) is 5.10 Å². The third kappa shape index (κ3) is 3.02. The fourth-order valence-electron chi connectivity index (χ4n) is 3.21. The van der Waals surface area contributed by atoms with Crippen LogP contribution in [0.5, 0.6) is 0 Å². The topological polar surface area (TPSA) is 112 Å². The molecule has 0 unspecified atom stereocenters. The summed E-state index contributed by atoms with van der Waals surface area (Å²) >= 11 is 0. The minimum absolute atomic E-state index is 0.209. The summed E-state index contributed by atoms with van der Waals surface area (Å²) in [4.78, 5) is 20.0. The first-order valence-corrected chi connectivity index (χ1v) is 9.33. The molecule has 9 heteroatoms. The van der Waals surface area contributed by atoms with E-state index in [1.165, 1.54) is 0 Å². The van der Waals surface area contributed by atoms with Crippen molar-refractivity contribution in [3.8, 4) is 28.4 Å². The van der Waals surface area contributed by atoms with E-state index in [4.69, 9.17) is 9.26 Å². The van der Waals surface area contributed by atoms with E-state index in [1.54, 1.807) is 24.1 Å². The molecule has 148 valence electrons. The standard InChI is InChI=1S/C21H16N6O3/c1-2-29-21(28)18-19(13-6-4-3-5-7-13)25-30-20(18)17-11-27(26-24-17)14-8-9-15-16(10-14)23-12-22-15/h3-12H,2H2,1H3,(H,22,23). The fourth-order valence-corrected chi connectivity index (χ4v) is 3.21. The number of benzene rings is 2. The summed E-state index contributed by atoms with van der Waals surface area (Å²) < 4.78 is 12.4. The molecule has 0 fully saturated rings. The Balaban J connectivity index is 1.59. The fraction of sp³-hybridized carbons (Fsp3) is 0.0952. The summed E-state index contributed by atoms with van der Waals surface area (Å²) in [5.74, 6) is -0.317. The Morgan fingerprint density at radius 3 is 2.90 bits per heavy atom. The summed E-state index contributed by atoms with van der Waals surface area (Å²) in [5, 5.41) is 12.5. The normalized spacial score (nSPS) is 11.1. The Labute approximate surface area is 170 Å². The largest absolute Gasteiger partial charge is 0.462 e. The maximum absolute atomic E-state index is 12.7. The molecule has 0 spiro atoms. The molecule has 5 rings (SSSR count). The molecule has 30 heavy (non-hydrogen) atoms. The van der Waals surface area contributed by atoms with Crippen molar-refractivity contribution in [1.29, 1.82) is 0 Å². The van der Waals surface area contributed by atoms with Gasteiger partial charge in [0.15, 0.2) is 5.69 Å². The summed E-state index contributed by atoms with van der Waals surface area (Å²) in [6.07, 6.45) is 3.31. The highest BCUT2D eigenvalue weighted by molar-refractivity contribution is 6.01. The lowest BCUT2D eigenvalue weighted by Crippen LogP contribution is -2.06. The number of rotatable bonds is 5. The Bertz CT molecular complexity index is 1340. The number of nitrogens with one attached hydrogen (secondary N) is 1. The van der Waals surface area contributed by atoms with Crippen molar-refractivity contribution in [2.45, 2.75) is 6.92 Å². The lowest BCUT2D eigenvalue weighted by molar-refractivity contribution is 0.0527. The van der Waals surface area contributed by atoms with Crippen LogP contribution in [0.2, 0.25) is 0 Å². The highest BCUT2D eigenvalue weighted by Gasteiger charge is 2.28. The van der Waals surface area contributed by atoms with Gasteiger partial charge in [-0.3, -0.25) is 0 Å². The lowest BCUT2D eigenvalue weighted by atomic mass is 10.1. The molecule has 5 aromatic rings. The van der Waals surface area contributed by atoms with Crippen LogP contribution in [0.1, 0.15) is 17.3 Å². The summed E-state index contributed by atoms with van der Waals surface area (Å²) in [5.41, 5.74) is 4.25. The number of esters is 1. The van der Waals surface area contributed by atoms with Gasteiger partial charge in [-0.05, 0) is 25.1 Å². The Morgan fingerprint density at radius 2 is 2.07 bits per heavy atom. The third-order valence-corrected chi connectivity index (χ3v) is 4.61. The number of carbonyl (C=O) groups excluding carboxylic acids is 1. The number of imidazole rings is 1. The smallest absolute Gasteiger partial charge is 0.344 e. The molecule has 3 heterocycles. The molecule has 0 saturated carbocycles. The average molecular weight is 400 g/mol. The highest BCUT2D eigenvalue weighted by Crippen LogP contribution is 2.32. The van der Waals surface area contributed by atoms with Gasteiger partial charge in [-0.2, -0.15) is 0 Å². The molecule has 3 aromatic heterocycles. The van der Waals surface area contributed by atoms with Crippen LogP contribution in [0.15, 0.2) is 65.6 Å². The van der Waals surface area contributed by atoms with E-state index in [0.29, 0.717) is 11.4 Å². The van der Waals surface area contributed by atoms with Crippen LogP contribution in [-0.2, 0) is 4.74 Å². The number of carbonyl (C=O) groups is 1. The molecule has 0 aliphatic carbocycles. The second-order valence-electron chi connectivity index (χ2n) is 6.47. The van der Waals surface area contributed by atoms with Crippen molar-refractivity contribution in [1.82, 2.24) is 30.1 Å². The third-order valence-electron chi connectivity index (χ3n) is 4.61. The van der Waals surface area contributed by atoms with Crippen molar-refractivity contribution in [2.24, 2.45) is 0 Å². The number of aromatic nitrogens is 6. The lowest BCUT2D eigenvalue weighted by Gasteiger charge is -2.03. The van der Waals surface area contributed by atoms with Gasteiger partial charge in [0.2, 0.25) is 5.76 Å². The molecule has 0 saturated heterocycles. The molecule has 0 atom stereocenters. The molecule has 1 N–H and O–H groups in total. The molecule has 0 aliphatic heterocycles. The Kier molecular flexibility index (Phi) is 4.32. The summed E-state index contributed by atoms with van der Waals surface area (Å²) in [6, 6.07) is 15.0. The number of fused-ring (bicyclic) bond motifs is 1. The van der Waals surface area contributed by atoms with Gasteiger partial charge in [0.1, 0.15) is 11.3 Å². The van der Waals surface area contributed by atoms with Gasteiger partial charge in [-0.25, -0.2) is 14.5 Å². The molecule has 0 aliphatic rings. The number of hydrogen-bond donors (Lipinski definition) is 1. The van der Waals surface area contributed by atoms with Gasteiger partial charge < -0.3 is 14.2 Å². The van der Waals surface area contributed by atoms with Gasteiger partial charge in [-0.1, -0.05) is 40.7 Å². The predicted molar refractivity (Wildman–Crippen MR) is 108 cm³/mol. The van der Waals surface area contributed by atoms with Crippen LogP contribution in [0.4, 0.5) is 0 Å². The van der Waals surface area contributed by atoms with Crippen LogP contribution in [0.25, 0.3) is 39.4 Å². The van der Waals surface area contributed by atoms with Gasteiger partial charge in [0, 0.05) is 5.56 Å². The number of H-pyrrole nitrogens is 1. The van der Waals surface area contributed by atoms with E-state index in [2.05, 4.69) is 25.4 Å². The maximum Gasteiger partial charge on any atom is 0.344 e. The minimum Gasteiger partial charge on any atom is -0.462 e. The first-order chi connectivity index (χ1) is 14.7. The first-order valence-electron chi connectivity index (χ1n) is 9.33. The van der Waals surface area contributed by atoms with Crippen molar-refractivity contribution in [3.63, 3.8) is 0 Å². The zero-order chi connectivity index (χ0) is 20.5. The zero-order valence-corrected chi connectivity index (χ0v) is 15.9. The van der Waals surface area contributed by atoms with Crippen LogP contribution in [-0.4, -0.2) is 42.7 Å². The van der Waals surface area contributed by atoms with E-state index < -0.39 is 5.97 Å². The number of ether oxygens (including phenoxy) is 1. The van der Waals surface area contributed by atoms with E-state index in [0.717, 1.165) is 22.3 Å². The number of hydrogen-bond acceptors (Lipinski definition) is 7. The van der Waals surface area contributed by atoms with Crippen molar-refractivity contribution in [2.75, 3.05) is 6.61 Å². The summed E-state index contributed by atoms with van der Waals surface area (Å²) in [6.45, 7) is 1.98. The van der Waals surface area contributed by atoms with E-state index >= 15 is 0 Å². The predicted octanol–water partition coefficient (Wildman–Crippen LogP) is 3.64. The highest BCUT2D eigenvalue weighted by atomic mass is 16.5. The Morgan fingerprint density at radius 1 is 1.20 bits per heavy atom. The second kappa shape index (κ2) is 7.28. The van der Waals surface area contributed by atoms with Crippen LogP contribution in [0, 0.1) is 0 Å². The molecular formula is C21H16N6O3. The molecule has 0 bridgehead atoms.